The molecule has 2 aromatic carbocycles. The number of fused-ring (bicyclic) bond motifs is 1. The summed E-state index contributed by atoms with van der Waals surface area (Å²) >= 11 is 1.05. The topological polar surface area (TPSA) is 123 Å². The highest BCUT2D eigenvalue weighted by molar-refractivity contribution is 7.99. The number of para-hydroxylation sites is 1. The highest BCUT2D eigenvalue weighted by Gasteiger charge is 2.50. The molecule has 3 aromatic rings. The number of amides is 4. The van der Waals surface area contributed by atoms with Crippen LogP contribution < -0.4 is 21.0 Å². The highest BCUT2D eigenvalue weighted by atomic mass is 32.2. The molecule has 4 amide bonds. The lowest BCUT2D eigenvalue weighted by molar-refractivity contribution is -0.138. The maximum atomic E-state index is 13.0. The van der Waals surface area contributed by atoms with Gasteiger partial charge >= 0.3 is 6.03 Å². The van der Waals surface area contributed by atoms with Crippen LogP contribution >= 0.6 is 11.8 Å². The second-order valence-corrected chi connectivity index (χ2v) is 8.65. The Hall–Kier alpha value is -3.86. The van der Waals surface area contributed by atoms with Crippen LogP contribution in [0.25, 0.3) is 10.9 Å². The summed E-state index contributed by atoms with van der Waals surface area (Å²) in [5, 5.41) is 4.17. The Kier molecular flexibility index (Phi) is 6.29. The molecule has 0 saturated carbocycles. The molecule has 0 radical (unpaired) electrons. The SMILES string of the molecule is CCn1c(SCC(=O)NN2C(=O)NC(C)(c3ccc(OC)cc3)C2=O)nc2ccccc2c1=O. The summed E-state index contributed by atoms with van der Waals surface area (Å²) in [5.41, 5.74) is 1.90. The number of ether oxygens (including phenoxy) is 1. The zero-order valence-corrected chi connectivity index (χ0v) is 19.6. The van der Waals surface area contributed by atoms with E-state index in [2.05, 4.69) is 15.7 Å². The van der Waals surface area contributed by atoms with Crippen LogP contribution in [0, 0.1) is 0 Å². The largest absolute Gasteiger partial charge is 0.497 e. The number of nitrogens with one attached hydrogen (secondary N) is 2. The molecular formula is C23H23N5O5S. The number of rotatable bonds is 7. The van der Waals surface area contributed by atoms with Gasteiger partial charge in [0.05, 0.1) is 23.8 Å². The molecule has 4 rings (SSSR count). The second kappa shape index (κ2) is 9.18. The second-order valence-electron chi connectivity index (χ2n) is 7.71. The minimum Gasteiger partial charge on any atom is -0.497 e. The van der Waals surface area contributed by atoms with Crippen molar-refractivity contribution in [3.63, 3.8) is 0 Å². The van der Waals surface area contributed by atoms with E-state index >= 15 is 0 Å². The Bertz CT molecular complexity index is 1340. The summed E-state index contributed by atoms with van der Waals surface area (Å²) in [7, 11) is 1.53. The van der Waals surface area contributed by atoms with Gasteiger partial charge in [-0.2, -0.15) is 5.01 Å². The van der Waals surface area contributed by atoms with Crippen LogP contribution in [0.1, 0.15) is 19.4 Å². The quantitative estimate of drug-likeness (QED) is 0.301. The number of benzene rings is 2. The van der Waals surface area contributed by atoms with E-state index in [-0.39, 0.29) is 11.3 Å². The van der Waals surface area contributed by atoms with Crippen LogP contribution in [0.2, 0.25) is 0 Å². The van der Waals surface area contributed by atoms with Gasteiger partial charge in [0, 0.05) is 6.54 Å². The fourth-order valence-corrected chi connectivity index (χ4v) is 4.54. The number of nitrogens with zero attached hydrogens (tertiary/aromatic N) is 3. The lowest BCUT2D eigenvalue weighted by atomic mass is 9.92. The van der Waals surface area contributed by atoms with E-state index < -0.39 is 23.4 Å². The van der Waals surface area contributed by atoms with E-state index in [1.54, 1.807) is 55.5 Å². The average molecular weight is 482 g/mol. The molecule has 1 unspecified atom stereocenters. The maximum absolute atomic E-state index is 13.0. The third kappa shape index (κ3) is 4.10. The van der Waals surface area contributed by atoms with Crippen molar-refractivity contribution in [1.29, 1.82) is 0 Å². The molecule has 2 N–H and O–H groups in total. The Morgan fingerprint density at radius 1 is 1.15 bits per heavy atom. The number of hydrazine groups is 1. The number of carbonyl (C=O) groups is 3. The van der Waals surface area contributed by atoms with Gasteiger partial charge in [-0.15, -0.1) is 0 Å². The summed E-state index contributed by atoms with van der Waals surface area (Å²) in [4.78, 5) is 55.3. The minimum atomic E-state index is -1.34. The standard InChI is InChI=1S/C23H23N5O5S/c1-4-27-19(30)16-7-5-6-8-17(16)24-22(27)34-13-18(29)26-28-20(31)23(2,25-21(28)32)14-9-11-15(33-3)12-10-14/h5-12H,4,13H2,1-3H3,(H,25,32)(H,26,29). The first-order chi connectivity index (χ1) is 16.3. The Morgan fingerprint density at radius 3 is 2.53 bits per heavy atom. The lowest BCUT2D eigenvalue weighted by Gasteiger charge is -2.22. The van der Waals surface area contributed by atoms with Crippen LogP contribution in [0.3, 0.4) is 0 Å². The molecule has 0 bridgehead atoms. The summed E-state index contributed by atoms with van der Waals surface area (Å²) in [6.07, 6.45) is 0. The summed E-state index contributed by atoms with van der Waals surface area (Å²) in [6.45, 7) is 3.76. The van der Waals surface area contributed by atoms with Gasteiger partial charge < -0.3 is 10.1 Å². The number of hydrogen-bond acceptors (Lipinski definition) is 7. The van der Waals surface area contributed by atoms with Gasteiger partial charge in [-0.1, -0.05) is 36.0 Å². The molecule has 0 aliphatic carbocycles. The molecule has 10 nitrogen and oxygen atoms in total. The fourth-order valence-electron chi connectivity index (χ4n) is 3.68. The van der Waals surface area contributed by atoms with Crippen LogP contribution in [-0.2, 0) is 21.7 Å². The molecule has 1 fully saturated rings. The molecular weight excluding hydrogens is 458 g/mol. The highest BCUT2D eigenvalue weighted by Crippen LogP contribution is 2.29. The molecule has 0 spiro atoms. The Balaban J connectivity index is 1.48. The van der Waals surface area contributed by atoms with E-state index in [4.69, 9.17) is 4.74 Å². The maximum Gasteiger partial charge on any atom is 0.344 e. The smallest absolute Gasteiger partial charge is 0.344 e. The van der Waals surface area contributed by atoms with Crippen molar-refractivity contribution in [3.8, 4) is 5.75 Å². The van der Waals surface area contributed by atoms with Crippen molar-refractivity contribution >= 4 is 40.5 Å². The van der Waals surface area contributed by atoms with Gasteiger partial charge in [-0.3, -0.25) is 24.4 Å². The van der Waals surface area contributed by atoms with Crippen molar-refractivity contribution in [3.05, 3.63) is 64.4 Å². The third-order valence-corrected chi connectivity index (χ3v) is 6.55. The minimum absolute atomic E-state index is 0.152. The molecule has 2 heterocycles. The van der Waals surface area contributed by atoms with E-state index in [0.29, 0.717) is 38.9 Å². The van der Waals surface area contributed by atoms with E-state index in [0.717, 1.165) is 11.8 Å². The monoisotopic (exact) mass is 481 g/mol. The average Bonchev–Trinajstić information content (AvgIpc) is 3.06. The van der Waals surface area contributed by atoms with Crippen molar-refractivity contribution in [2.24, 2.45) is 0 Å². The first-order valence-corrected chi connectivity index (χ1v) is 11.5. The lowest BCUT2D eigenvalue weighted by Crippen LogP contribution is -2.48. The fraction of sp³-hybridized carbons (Fsp3) is 0.261. The predicted octanol–water partition coefficient (Wildman–Crippen LogP) is 2.02. The number of hydrogen-bond donors (Lipinski definition) is 2. The normalized spacial score (nSPS) is 17.7. The van der Waals surface area contributed by atoms with E-state index in [1.807, 2.05) is 6.92 Å². The Labute approximate surface area is 199 Å². The van der Waals surface area contributed by atoms with Gasteiger partial charge in [-0.05, 0) is 43.7 Å². The molecule has 1 atom stereocenters. The van der Waals surface area contributed by atoms with Gasteiger partial charge in [0.1, 0.15) is 11.3 Å². The van der Waals surface area contributed by atoms with Crippen LogP contribution in [0.4, 0.5) is 4.79 Å². The van der Waals surface area contributed by atoms with Crippen molar-refractivity contribution in [2.75, 3.05) is 12.9 Å². The molecule has 11 heteroatoms. The molecule has 1 aliphatic heterocycles. The Morgan fingerprint density at radius 2 is 1.85 bits per heavy atom. The van der Waals surface area contributed by atoms with Crippen molar-refractivity contribution in [2.45, 2.75) is 31.1 Å². The third-order valence-electron chi connectivity index (χ3n) is 5.57. The number of methoxy groups -OCH3 is 1. The van der Waals surface area contributed by atoms with Crippen LogP contribution in [-0.4, -0.2) is 45.3 Å². The summed E-state index contributed by atoms with van der Waals surface area (Å²) < 4.78 is 6.61. The number of urea groups is 1. The van der Waals surface area contributed by atoms with Gasteiger partial charge in [0.25, 0.3) is 11.5 Å². The summed E-state index contributed by atoms with van der Waals surface area (Å²) in [5.74, 6) is -0.742. The van der Waals surface area contributed by atoms with Crippen molar-refractivity contribution in [1.82, 2.24) is 25.3 Å². The molecule has 176 valence electrons. The molecule has 1 aliphatic rings. The van der Waals surface area contributed by atoms with Crippen LogP contribution in [0.5, 0.6) is 5.75 Å². The van der Waals surface area contributed by atoms with Gasteiger partial charge in [0.15, 0.2) is 5.16 Å². The number of carbonyl (C=O) groups excluding carboxylic acids is 3. The first kappa shape index (κ1) is 23.3. The molecule has 34 heavy (non-hydrogen) atoms. The molecule has 1 saturated heterocycles. The zero-order chi connectivity index (χ0) is 24.5. The van der Waals surface area contributed by atoms with E-state index in [9.17, 15) is 19.2 Å². The molecule has 1 aromatic heterocycles. The number of aromatic nitrogens is 2. The van der Waals surface area contributed by atoms with E-state index in [1.165, 1.54) is 11.7 Å². The summed E-state index contributed by atoms with van der Waals surface area (Å²) in [6, 6.07) is 13.0. The van der Waals surface area contributed by atoms with Crippen molar-refractivity contribution < 1.29 is 19.1 Å². The number of imide groups is 1. The van der Waals surface area contributed by atoms with Crippen LogP contribution in [0.15, 0.2) is 58.5 Å². The zero-order valence-electron chi connectivity index (χ0n) is 18.8. The van der Waals surface area contributed by atoms with Gasteiger partial charge in [0.2, 0.25) is 5.91 Å². The first-order valence-electron chi connectivity index (χ1n) is 10.5. The predicted molar refractivity (Wildman–Crippen MR) is 126 cm³/mol. The number of thioether (sulfide) groups is 1. The van der Waals surface area contributed by atoms with Gasteiger partial charge in [-0.25, -0.2) is 9.78 Å².